The summed E-state index contributed by atoms with van der Waals surface area (Å²) in [6.45, 7) is 6.41. The molecule has 0 fully saturated rings. The van der Waals surface area contributed by atoms with Crippen LogP contribution in [0.5, 0.6) is 17.2 Å². The summed E-state index contributed by atoms with van der Waals surface area (Å²) in [7, 11) is 1.59. The fraction of sp³-hybridized carbons (Fsp3) is 0.216. The Labute approximate surface area is 270 Å². The zero-order chi connectivity index (χ0) is 32.2. The quantitative estimate of drug-likeness (QED) is 0.177. The van der Waals surface area contributed by atoms with E-state index in [1.807, 2.05) is 67.6 Å². The second kappa shape index (κ2) is 13.5. The van der Waals surface area contributed by atoms with Gasteiger partial charge in [0.25, 0.3) is 5.56 Å². The van der Waals surface area contributed by atoms with Crippen LogP contribution in [0.4, 0.5) is 0 Å². The second-order valence-electron chi connectivity index (χ2n) is 10.6. The highest BCUT2D eigenvalue weighted by atomic mass is 32.1. The molecule has 0 saturated heterocycles. The Morgan fingerprint density at radius 3 is 2.50 bits per heavy atom. The predicted molar refractivity (Wildman–Crippen MR) is 179 cm³/mol. The van der Waals surface area contributed by atoms with Crippen LogP contribution in [0.25, 0.3) is 16.8 Å². The monoisotopic (exact) mass is 634 g/mol. The molecule has 0 saturated carbocycles. The summed E-state index contributed by atoms with van der Waals surface area (Å²) in [6.07, 6.45) is 1.80. The molecule has 2 heterocycles. The molecular formula is C37H34N2O6S. The maximum Gasteiger partial charge on any atom is 0.338 e. The zero-order valence-corrected chi connectivity index (χ0v) is 26.9. The van der Waals surface area contributed by atoms with E-state index in [-0.39, 0.29) is 12.2 Å². The Morgan fingerprint density at radius 1 is 0.913 bits per heavy atom. The van der Waals surface area contributed by atoms with Crippen LogP contribution in [0.3, 0.4) is 0 Å². The summed E-state index contributed by atoms with van der Waals surface area (Å²) in [5, 5.41) is 2.29. The normalized spacial score (nSPS) is 14.5. The topological polar surface area (TPSA) is 88.4 Å². The van der Waals surface area contributed by atoms with Gasteiger partial charge in [0, 0.05) is 5.56 Å². The van der Waals surface area contributed by atoms with Gasteiger partial charge in [-0.3, -0.25) is 9.36 Å². The fourth-order valence-electron chi connectivity index (χ4n) is 5.70. The van der Waals surface area contributed by atoms with E-state index in [1.165, 1.54) is 11.3 Å². The van der Waals surface area contributed by atoms with Crippen molar-refractivity contribution in [2.75, 3.05) is 20.3 Å². The van der Waals surface area contributed by atoms with Crippen LogP contribution < -0.4 is 29.1 Å². The molecular weight excluding hydrogens is 600 g/mol. The number of hydrogen-bond donors (Lipinski definition) is 0. The lowest BCUT2D eigenvalue weighted by Gasteiger charge is -2.26. The predicted octanol–water partition coefficient (Wildman–Crippen LogP) is 5.94. The molecule has 0 N–H and O–H groups in total. The number of allylic oxidation sites excluding steroid dienone is 1. The molecule has 46 heavy (non-hydrogen) atoms. The van der Waals surface area contributed by atoms with Crippen LogP contribution in [-0.2, 0) is 16.1 Å². The molecule has 8 nitrogen and oxygen atoms in total. The first-order valence-electron chi connectivity index (χ1n) is 15.1. The van der Waals surface area contributed by atoms with Crippen LogP contribution in [0.15, 0.2) is 106 Å². The van der Waals surface area contributed by atoms with E-state index in [2.05, 4.69) is 29.3 Å². The number of nitrogens with zero attached hydrogens (tertiary/aromatic N) is 2. The highest BCUT2D eigenvalue weighted by Gasteiger charge is 2.35. The van der Waals surface area contributed by atoms with Crippen LogP contribution >= 0.6 is 11.3 Å². The van der Waals surface area contributed by atoms with Gasteiger partial charge < -0.3 is 18.9 Å². The minimum absolute atomic E-state index is 0.198. The molecule has 0 radical (unpaired) electrons. The number of rotatable bonds is 10. The summed E-state index contributed by atoms with van der Waals surface area (Å²) in [4.78, 5) is 32.5. The number of thiazole rings is 1. The van der Waals surface area contributed by atoms with Gasteiger partial charge in [-0.25, -0.2) is 9.79 Å². The molecule has 1 aromatic heterocycles. The van der Waals surface area contributed by atoms with Crippen LogP contribution in [-0.4, -0.2) is 30.9 Å². The zero-order valence-electron chi connectivity index (χ0n) is 26.1. The largest absolute Gasteiger partial charge is 0.494 e. The van der Waals surface area contributed by atoms with Gasteiger partial charge in [0.1, 0.15) is 18.4 Å². The van der Waals surface area contributed by atoms with Crippen LogP contribution in [0.1, 0.15) is 43.5 Å². The molecule has 5 aromatic rings. The molecule has 0 aliphatic carbocycles. The maximum atomic E-state index is 14.1. The smallest absolute Gasteiger partial charge is 0.338 e. The third-order valence-electron chi connectivity index (χ3n) is 7.78. The average Bonchev–Trinajstić information content (AvgIpc) is 3.37. The van der Waals surface area contributed by atoms with E-state index in [0.29, 0.717) is 56.6 Å². The van der Waals surface area contributed by atoms with E-state index < -0.39 is 12.0 Å². The maximum absolute atomic E-state index is 14.1. The summed E-state index contributed by atoms with van der Waals surface area (Å²) in [5.41, 5.74) is 3.04. The number of aromatic nitrogens is 1. The van der Waals surface area contributed by atoms with Crippen molar-refractivity contribution in [2.24, 2.45) is 4.99 Å². The number of carbonyl (C=O) groups excluding carboxylic acids is 1. The lowest BCUT2D eigenvalue weighted by atomic mass is 9.95. The summed E-state index contributed by atoms with van der Waals surface area (Å²) in [5.74, 6) is 1.21. The Hall–Kier alpha value is -5.15. The first-order valence-corrected chi connectivity index (χ1v) is 15.9. The number of benzene rings is 4. The molecule has 1 aliphatic heterocycles. The molecule has 6 rings (SSSR count). The van der Waals surface area contributed by atoms with Gasteiger partial charge >= 0.3 is 5.97 Å². The molecule has 0 bridgehead atoms. The van der Waals surface area contributed by atoms with E-state index in [9.17, 15) is 9.59 Å². The molecule has 0 unspecified atom stereocenters. The summed E-state index contributed by atoms with van der Waals surface area (Å²) >= 11 is 1.26. The van der Waals surface area contributed by atoms with Crippen molar-refractivity contribution in [3.8, 4) is 17.2 Å². The number of hydrogen-bond acceptors (Lipinski definition) is 8. The first kappa shape index (κ1) is 30.9. The van der Waals surface area contributed by atoms with Crippen LogP contribution in [0, 0.1) is 0 Å². The number of esters is 1. The van der Waals surface area contributed by atoms with Crippen molar-refractivity contribution in [1.82, 2.24) is 4.57 Å². The van der Waals surface area contributed by atoms with Crippen molar-refractivity contribution < 1.29 is 23.7 Å². The third-order valence-corrected chi connectivity index (χ3v) is 8.76. The average molecular weight is 635 g/mol. The van der Waals surface area contributed by atoms with Gasteiger partial charge in [-0.15, -0.1) is 0 Å². The highest BCUT2D eigenvalue weighted by Crippen LogP contribution is 2.36. The van der Waals surface area contributed by atoms with Crippen molar-refractivity contribution in [2.45, 2.75) is 33.4 Å². The molecule has 1 aliphatic rings. The fourth-order valence-corrected chi connectivity index (χ4v) is 6.74. The highest BCUT2D eigenvalue weighted by molar-refractivity contribution is 7.07. The lowest BCUT2D eigenvalue weighted by molar-refractivity contribution is -0.139. The lowest BCUT2D eigenvalue weighted by Crippen LogP contribution is -2.40. The molecule has 4 aromatic carbocycles. The van der Waals surface area contributed by atoms with Crippen molar-refractivity contribution in [3.63, 3.8) is 0 Å². The molecule has 9 heteroatoms. The van der Waals surface area contributed by atoms with Gasteiger partial charge in [0.2, 0.25) is 0 Å². The summed E-state index contributed by atoms with van der Waals surface area (Å²) < 4.78 is 25.3. The van der Waals surface area contributed by atoms with Gasteiger partial charge in [-0.1, -0.05) is 78.1 Å². The van der Waals surface area contributed by atoms with Crippen molar-refractivity contribution >= 4 is 34.2 Å². The number of fused-ring (bicyclic) bond motifs is 2. The minimum atomic E-state index is -0.764. The molecule has 0 spiro atoms. The number of para-hydroxylation sites is 1. The van der Waals surface area contributed by atoms with E-state index in [4.69, 9.17) is 18.9 Å². The van der Waals surface area contributed by atoms with Gasteiger partial charge in [-0.05, 0) is 66.9 Å². The Balaban J connectivity index is 1.38. The van der Waals surface area contributed by atoms with Crippen molar-refractivity contribution in [3.05, 3.63) is 133 Å². The van der Waals surface area contributed by atoms with Gasteiger partial charge in [0.05, 0.1) is 36.1 Å². The minimum Gasteiger partial charge on any atom is -0.494 e. The van der Waals surface area contributed by atoms with Crippen LogP contribution in [0.2, 0.25) is 0 Å². The first-order chi connectivity index (χ1) is 22.4. The Kier molecular flexibility index (Phi) is 9.03. The standard InChI is InChI=1S/C37H34N2O6S/c1-5-43-29-17-10-9-16-28(29)34-33(36(41)44-6-2)23(3)38-37-39(34)35(40)32(46-37)21-24-18-19-30(31(20-24)42-4)45-22-26-14-11-13-25-12-7-8-15-27(25)26/h7-21,34H,5-6,22H2,1-4H3/b32-21-/t34-/m1/s1. The second-order valence-corrected chi connectivity index (χ2v) is 11.6. The Morgan fingerprint density at radius 2 is 1.70 bits per heavy atom. The molecule has 0 amide bonds. The van der Waals surface area contributed by atoms with E-state index in [0.717, 1.165) is 21.9 Å². The molecule has 234 valence electrons. The molecule has 1 atom stereocenters. The number of methoxy groups -OCH3 is 1. The van der Waals surface area contributed by atoms with Gasteiger partial charge in [0.15, 0.2) is 16.3 Å². The SMILES string of the molecule is CCOC(=O)C1=C(C)N=c2s/c(=C\c3ccc(OCc4cccc5ccccc45)c(OC)c3)c(=O)n2[C@@H]1c1ccccc1OCC. The Bertz CT molecular complexity index is 2140. The summed E-state index contributed by atoms with van der Waals surface area (Å²) in [6, 6.07) is 26.6. The number of ether oxygens (including phenoxy) is 4. The van der Waals surface area contributed by atoms with Gasteiger partial charge in [-0.2, -0.15) is 0 Å². The van der Waals surface area contributed by atoms with E-state index in [1.54, 1.807) is 31.6 Å². The third kappa shape index (κ3) is 5.93. The van der Waals surface area contributed by atoms with Crippen molar-refractivity contribution in [1.29, 1.82) is 0 Å². The van der Waals surface area contributed by atoms with E-state index >= 15 is 0 Å². The number of carbonyl (C=O) groups is 1.